The molecule has 2 aliphatic heterocycles. The van der Waals surface area contributed by atoms with Gasteiger partial charge in [-0.2, -0.15) is 0 Å². The Labute approximate surface area is 210 Å². The first-order chi connectivity index (χ1) is 17.1. The smallest absolute Gasteiger partial charge is 0.243 e. The third kappa shape index (κ3) is 4.80. The van der Waals surface area contributed by atoms with Crippen molar-refractivity contribution >= 4 is 23.3 Å². The molecule has 5 rings (SSSR count). The summed E-state index contributed by atoms with van der Waals surface area (Å²) in [5.74, 6) is -0.770. The van der Waals surface area contributed by atoms with E-state index in [4.69, 9.17) is 11.6 Å². The van der Waals surface area contributed by atoms with Crippen molar-refractivity contribution in [2.75, 3.05) is 6.54 Å². The molecular weight excluding hydrogens is 456 g/mol. The summed E-state index contributed by atoms with van der Waals surface area (Å²) in [6.07, 6.45) is 8.60. The van der Waals surface area contributed by atoms with Crippen LogP contribution < -0.4 is 5.32 Å². The molecule has 4 atom stereocenters. The van der Waals surface area contributed by atoms with Crippen LogP contribution in [0.4, 0.5) is 0 Å². The average Bonchev–Trinajstić information content (AvgIpc) is 3.25. The quantitative estimate of drug-likeness (QED) is 0.457. The first kappa shape index (κ1) is 23.1. The lowest BCUT2D eigenvalue weighted by Gasteiger charge is -2.30. The van der Waals surface area contributed by atoms with E-state index in [0.717, 1.165) is 12.0 Å². The van der Waals surface area contributed by atoms with Crippen LogP contribution in [-0.4, -0.2) is 35.2 Å². The minimum Gasteiger partial charge on any atom is -0.358 e. The number of ketones is 1. The summed E-state index contributed by atoms with van der Waals surface area (Å²) in [5, 5.41) is 3.76. The summed E-state index contributed by atoms with van der Waals surface area (Å²) in [6.45, 7) is 0.530. The second-order valence-electron chi connectivity index (χ2n) is 8.97. The molecule has 4 nitrogen and oxygen atoms in total. The minimum absolute atomic E-state index is 0.0417. The number of carbonyl (C=O) groups is 2. The predicted octanol–water partition coefficient (Wildman–Crippen LogP) is 5.42. The van der Waals surface area contributed by atoms with Crippen LogP contribution in [0.3, 0.4) is 0 Å². The van der Waals surface area contributed by atoms with E-state index >= 15 is 0 Å². The number of carbonyl (C=O) groups excluding carboxylic acids is 2. The van der Waals surface area contributed by atoms with Gasteiger partial charge < -0.3 is 10.2 Å². The lowest BCUT2D eigenvalue weighted by atomic mass is 9.77. The lowest BCUT2D eigenvalue weighted by molar-refractivity contribution is -0.125. The second-order valence-corrected chi connectivity index (χ2v) is 9.41. The molecule has 0 radical (unpaired) electrons. The number of fused-ring (bicyclic) bond motifs is 1. The van der Waals surface area contributed by atoms with Crippen molar-refractivity contribution in [2.24, 2.45) is 5.92 Å². The zero-order valence-corrected chi connectivity index (χ0v) is 20.0. The van der Waals surface area contributed by atoms with E-state index < -0.39 is 12.0 Å². The maximum Gasteiger partial charge on any atom is 0.243 e. The maximum atomic E-state index is 13.9. The zero-order chi connectivity index (χ0) is 24.2. The van der Waals surface area contributed by atoms with Gasteiger partial charge in [-0.25, -0.2) is 0 Å². The van der Waals surface area contributed by atoms with E-state index in [2.05, 4.69) is 17.4 Å². The minimum atomic E-state index is -0.518. The van der Waals surface area contributed by atoms with Crippen molar-refractivity contribution in [2.45, 2.75) is 24.4 Å². The zero-order valence-electron chi connectivity index (χ0n) is 19.3. The van der Waals surface area contributed by atoms with Gasteiger partial charge >= 0.3 is 0 Å². The third-order valence-electron chi connectivity index (χ3n) is 6.88. The first-order valence-electron chi connectivity index (χ1n) is 11.9. The Hall–Kier alpha value is -3.63. The van der Waals surface area contributed by atoms with Crippen LogP contribution in [-0.2, 0) is 11.2 Å². The van der Waals surface area contributed by atoms with Crippen molar-refractivity contribution in [3.05, 3.63) is 131 Å². The summed E-state index contributed by atoms with van der Waals surface area (Å²) in [5.41, 5.74) is 2.76. The molecule has 1 saturated heterocycles. The van der Waals surface area contributed by atoms with Gasteiger partial charge in [-0.3, -0.25) is 9.59 Å². The fourth-order valence-corrected chi connectivity index (χ4v) is 5.39. The van der Waals surface area contributed by atoms with Crippen molar-refractivity contribution in [3.8, 4) is 0 Å². The predicted molar refractivity (Wildman–Crippen MR) is 139 cm³/mol. The molecule has 35 heavy (non-hydrogen) atoms. The average molecular weight is 483 g/mol. The third-order valence-corrected chi connectivity index (χ3v) is 7.13. The molecule has 0 saturated carbocycles. The van der Waals surface area contributed by atoms with Gasteiger partial charge in [-0.05, 0) is 35.8 Å². The molecule has 1 fully saturated rings. The lowest BCUT2D eigenvalue weighted by Crippen LogP contribution is -2.46. The molecule has 176 valence electrons. The van der Waals surface area contributed by atoms with Gasteiger partial charge in [0.25, 0.3) is 0 Å². The van der Waals surface area contributed by atoms with Gasteiger partial charge in [0.2, 0.25) is 5.91 Å². The number of nitrogens with zero attached hydrogens (tertiary/aromatic N) is 1. The molecule has 0 bridgehead atoms. The molecule has 1 amide bonds. The van der Waals surface area contributed by atoms with Crippen molar-refractivity contribution in [1.82, 2.24) is 10.2 Å². The van der Waals surface area contributed by atoms with E-state index in [1.165, 1.54) is 5.56 Å². The number of nitrogens with one attached hydrogen (secondary N) is 1. The van der Waals surface area contributed by atoms with Crippen LogP contribution in [0.15, 0.2) is 109 Å². The van der Waals surface area contributed by atoms with Crippen molar-refractivity contribution < 1.29 is 9.59 Å². The summed E-state index contributed by atoms with van der Waals surface area (Å²) in [7, 11) is 0. The Morgan fingerprint density at radius 2 is 1.54 bits per heavy atom. The number of halogens is 1. The SMILES string of the molecule is O=C(c1ccccc1)[C@@H]1[C@H](c2ccc(Cl)cc2)[C@H](C(=O)NCCc2ccccc2)N2C=CC=C[C@@H]12. The Kier molecular flexibility index (Phi) is 6.82. The fourth-order valence-electron chi connectivity index (χ4n) is 5.27. The van der Waals surface area contributed by atoms with Crippen LogP contribution in [0.25, 0.3) is 0 Å². The highest BCUT2D eigenvalue weighted by Crippen LogP contribution is 2.46. The second kappa shape index (κ2) is 10.3. The fraction of sp³-hybridized carbons (Fsp3) is 0.200. The summed E-state index contributed by atoms with van der Waals surface area (Å²) in [4.78, 5) is 29.6. The topological polar surface area (TPSA) is 49.4 Å². The number of benzene rings is 3. The van der Waals surface area contributed by atoms with E-state index in [-0.39, 0.29) is 23.7 Å². The van der Waals surface area contributed by atoms with Gasteiger partial charge in [0.15, 0.2) is 5.78 Å². The highest BCUT2D eigenvalue weighted by atomic mass is 35.5. The van der Waals surface area contributed by atoms with E-state index in [0.29, 0.717) is 17.1 Å². The van der Waals surface area contributed by atoms with Crippen LogP contribution >= 0.6 is 11.6 Å². The molecule has 0 aromatic heterocycles. The van der Waals surface area contributed by atoms with Gasteiger partial charge in [-0.15, -0.1) is 0 Å². The van der Waals surface area contributed by atoms with Gasteiger partial charge in [0.1, 0.15) is 6.04 Å². The molecule has 0 aliphatic carbocycles. The van der Waals surface area contributed by atoms with Crippen LogP contribution in [0.1, 0.15) is 27.4 Å². The number of hydrogen-bond acceptors (Lipinski definition) is 3. The first-order valence-corrected chi connectivity index (χ1v) is 12.3. The monoisotopic (exact) mass is 482 g/mol. The molecule has 2 heterocycles. The Balaban J connectivity index is 1.49. The molecule has 3 aromatic rings. The maximum absolute atomic E-state index is 13.9. The van der Waals surface area contributed by atoms with Crippen LogP contribution in [0.5, 0.6) is 0 Å². The number of amides is 1. The summed E-state index contributed by atoms with van der Waals surface area (Å²) < 4.78 is 0. The normalized spacial score (nSPS) is 22.6. The number of rotatable bonds is 7. The molecule has 0 unspecified atom stereocenters. The molecule has 0 spiro atoms. The largest absolute Gasteiger partial charge is 0.358 e. The van der Waals surface area contributed by atoms with E-state index in [1.54, 1.807) is 0 Å². The highest BCUT2D eigenvalue weighted by Gasteiger charge is 2.53. The Morgan fingerprint density at radius 1 is 0.857 bits per heavy atom. The Morgan fingerprint density at radius 3 is 2.26 bits per heavy atom. The molecule has 5 heteroatoms. The van der Waals surface area contributed by atoms with Crippen LogP contribution in [0, 0.1) is 5.92 Å². The number of Topliss-reactive ketones (excluding diaryl/α,β-unsaturated/α-hetero) is 1. The van der Waals surface area contributed by atoms with Gasteiger partial charge in [0, 0.05) is 29.2 Å². The van der Waals surface area contributed by atoms with Crippen molar-refractivity contribution in [1.29, 1.82) is 0 Å². The van der Waals surface area contributed by atoms with Crippen LogP contribution in [0.2, 0.25) is 5.02 Å². The standard InChI is InChI=1S/C30H27ClN2O2/c31-24-16-14-22(15-17-24)26-27(29(34)23-11-5-2-6-12-23)25-13-7-8-20-33(25)28(26)30(35)32-19-18-21-9-3-1-4-10-21/h1-17,20,25-28H,18-19H2,(H,32,35)/t25-,26-,27-,28+/m0/s1. The van der Waals surface area contributed by atoms with Crippen molar-refractivity contribution in [3.63, 3.8) is 0 Å². The molecule has 1 N–H and O–H groups in total. The highest BCUT2D eigenvalue weighted by molar-refractivity contribution is 6.30. The Bertz CT molecular complexity index is 1240. The molecular formula is C30H27ClN2O2. The molecule has 2 aliphatic rings. The van der Waals surface area contributed by atoms with Gasteiger partial charge in [-0.1, -0.05) is 96.5 Å². The number of hydrogen-bond donors (Lipinski definition) is 1. The number of allylic oxidation sites excluding steroid dienone is 2. The van der Waals surface area contributed by atoms with E-state index in [9.17, 15) is 9.59 Å². The van der Waals surface area contributed by atoms with E-state index in [1.807, 2.05) is 102 Å². The summed E-state index contributed by atoms with van der Waals surface area (Å²) in [6, 6.07) is 26.3. The van der Waals surface area contributed by atoms with Gasteiger partial charge in [0.05, 0.1) is 12.0 Å². The summed E-state index contributed by atoms with van der Waals surface area (Å²) >= 11 is 6.18. The molecule has 3 aromatic carbocycles.